The van der Waals surface area contributed by atoms with Crippen molar-refractivity contribution >= 4 is 41.4 Å². The fraction of sp³-hybridized carbons (Fsp3) is 0. The van der Waals surface area contributed by atoms with Crippen LogP contribution < -0.4 is 5.53 Å². The average Bonchev–Trinajstić information content (AvgIpc) is 3.01. The Bertz CT molecular complexity index is 1170. The molecule has 134 valence electrons. The maximum Gasteiger partial charge on any atom is 0.0954 e. The van der Waals surface area contributed by atoms with Gasteiger partial charge >= 0.3 is 0 Å². The second-order valence-corrected chi connectivity index (χ2v) is 6.31. The largest absolute Gasteiger partial charge is 0.515 e. The Morgan fingerprint density at radius 1 is 0.929 bits per heavy atom. The lowest BCUT2D eigenvalue weighted by atomic mass is 9.95. The topological polar surface area (TPSA) is 94.1 Å². The molecule has 2 N–H and O–H groups in total. The van der Waals surface area contributed by atoms with Gasteiger partial charge in [-0.1, -0.05) is 12.2 Å². The minimum atomic E-state index is 0.695. The number of nitrogens with one attached hydrogen (secondary N) is 1. The summed E-state index contributed by atoms with van der Waals surface area (Å²) in [5, 5.41) is 29.9. The summed E-state index contributed by atoms with van der Waals surface area (Å²) in [4.78, 5) is 0. The van der Waals surface area contributed by atoms with Crippen LogP contribution in [0.15, 0.2) is 85.7 Å². The van der Waals surface area contributed by atoms with Crippen molar-refractivity contribution < 1.29 is 5.11 Å². The molecule has 28 heavy (non-hydrogen) atoms. The molecule has 0 amide bonds. The van der Waals surface area contributed by atoms with Crippen LogP contribution in [-0.4, -0.2) is 23.2 Å². The van der Waals surface area contributed by atoms with Crippen molar-refractivity contribution in [1.29, 1.82) is 0 Å². The Hall–Kier alpha value is -4.13. The van der Waals surface area contributed by atoms with Gasteiger partial charge in [0.1, 0.15) is 0 Å². The van der Waals surface area contributed by atoms with E-state index < -0.39 is 0 Å². The third-order valence-electron chi connectivity index (χ3n) is 4.76. The van der Waals surface area contributed by atoms with E-state index in [9.17, 15) is 5.11 Å². The quantitative estimate of drug-likeness (QED) is 0.728. The predicted molar refractivity (Wildman–Crippen MR) is 112 cm³/mol. The molecule has 0 saturated heterocycles. The Balaban J connectivity index is 1.61. The second-order valence-electron chi connectivity index (χ2n) is 6.31. The van der Waals surface area contributed by atoms with Crippen molar-refractivity contribution in [3.63, 3.8) is 0 Å². The second kappa shape index (κ2) is 6.55. The number of allylic oxidation sites excluding steroid dienone is 8. The lowest BCUT2D eigenvalue weighted by Crippen LogP contribution is -2.04. The first kappa shape index (κ1) is 16.1. The number of rotatable bonds is 1. The molecular weight excluding hydrogens is 352 g/mol. The van der Waals surface area contributed by atoms with Crippen LogP contribution >= 0.6 is 0 Å². The monoisotopic (exact) mass is 366 g/mol. The van der Waals surface area contributed by atoms with Gasteiger partial charge in [0.15, 0.2) is 0 Å². The predicted octanol–water partition coefficient (Wildman–Crippen LogP) is 4.23. The van der Waals surface area contributed by atoms with Gasteiger partial charge in [0, 0.05) is 22.9 Å². The number of hydrogen-bond donors (Lipinski definition) is 2. The minimum absolute atomic E-state index is 0.695. The minimum Gasteiger partial charge on any atom is -0.515 e. The van der Waals surface area contributed by atoms with E-state index in [-0.39, 0.29) is 0 Å². The summed E-state index contributed by atoms with van der Waals surface area (Å²) in [5.74, 6) is 0. The van der Waals surface area contributed by atoms with Crippen molar-refractivity contribution in [1.82, 2.24) is 5.53 Å². The number of nitrogens with zero attached hydrogens (tertiary/aromatic N) is 5. The molecule has 0 atom stereocenters. The van der Waals surface area contributed by atoms with Crippen LogP contribution in [0.2, 0.25) is 0 Å². The normalized spacial score (nSPS) is 22.6. The highest BCUT2D eigenvalue weighted by molar-refractivity contribution is 6.25. The highest BCUT2D eigenvalue weighted by Crippen LogP contribution is 2.42. The molecule has 0 fully saturated rings. The fourth-order valence-corrected chi connectivity index (χ4v) is 3.51. The highest BCUT2D eigenvalue weighted by atomic mass is 16.2. The molecule has 4 aliphatic rings. The molecule has 7 heteroatoms. The molecule has 0 aromatic heterocycles. The number of hydrogen-bond acceptors (Lipinski definition) is 7. The van der Waals surface area contributed by atoms with Gasteiger partial charge in [-0.3, -0.25) is 0 Å². The average molecular weight is 366 g/mol. The third-order valence-corrected chi connectivity index (χ3v) is 4.76. The van der Waals surface area contributed by atoms with Crippen LogP contribution in [-0.2, 0) is 0 Å². The van der Waals surface area contributed by atoms with Crippen LogP contribution in [0.4, 0.5) is 0 Å². The van der Waals surface area contributed by atoms with Crippen LogP contribution in [0, 0.1) is 0 Å². The summed E-state index contributed by atoms with van der Waals surface area (Å²) in [6, 6.07) is 4.17. The molecule has 0 unspecified atom stereocenters. The Labute approximate surface area is 160 Å². The summed E-state index contributed by atoms with van der Waals surface area (Å²) in [6.45, 7) is 0. The summed E-state index contributed by atoms with van der Waals surface area (Å²) in [5.41, 5.74) is 10.7. The van der Waals surface area contributed by atoms with Gasteiger partial charge in [0.25, 0.3) is 0 Å². The molecule has 0 bridgehead atoms. The zero-order valence-corrected chi connectivity index (χ0v) is 14.6. The van der Waals surface area contributed by atoms with Gasteiger partial charge < -0.3 is 5.11 Å². The van der Waals surface area contributed by atoms with Crippen LogP contribution in [0.1, 0.15) is 22.3 Å². The lowest BCUT2D eigenvalue weighted by molar-refractivity contribution is 0.476. The number of aliphatic hydroxyl groups excluding tert-OH is 1. The fourth-order valence-electron chi connectivity index (χ4n) is 3.51. The first-order valence-corrected chi connectivity index (χ1v) is 8.66. The molecule has 1 aromatic carbocycles. The van der Waals surface area contributed by atoms with E-state index in [0.29, 0.717) is 11.3 Å². The van der Waals surface area contributed by atoms with Gasteiger partial charge in [-0.05, 0) is 70.0 Å². The van der Waals surface area contributed by atoms with E-state index in [1.165, 1.54) is 0 Å². The maximum atomic E-state index is 9.96. The Kier molecular flexibility index (Phi) is 3.76. The first-order valence-electron chi connectivity index (χ1n) is 8.66. The highest BCUT2D eigenvalue weighted by Gasteiger charge is 2.26. The van der Waals surface area contributed by atoms with E-state index in [4.69, 9.17) is 0 Å². The van der Waals surface area contributed by atoms with Crippen molar-refractivity contribution in [3.05, 3.63) is 82.3 Å². The van der Waals surface area contributed by atoms with E-state index in [2.05, 4.69) is 49.4 Å². The zero-order chi connectivity index (χ0) is 18.9. The molecule has 2 aliphatic carbocycles. The van der Waals surface area contributed by atoms with Crippen molar-refractivity contribution in [2.45, 2.75) is 0 Å². The maximum absolute atomic E-state index is 9.96. The number of fused-ring (bicyclic) bond motifs is 2. The van der Waals surface area contributed by atoms with Crippen molar-refractivity contribution in [2.24, 2.45) is 25.6 Å². The number of aliphatic hydroxyl groups is 1. The van der Waals surface area contributed by atoms with Gasteiger partial charge in [-0.25, -0.2) is 0 Å². The third kappa shape index (κ3) is 2.57. The summed E-state index contributed by atoms with van der Waals surface area (Å²) in [7, 11) is 0. The first-order chi connectivity index (χ1) is 13.8. The SMILES string of the molecule is OC=C1C(C2=NNN=CC=C2)=Cc2cc3c(cc21)C(=C1C=CC=NN=N1)C=C3. The standard InChI is InChI=1S/C21H14N6O/c28-12-19-17-11-16-13(5-6-15(16)20-3-1-7-22-26-24-20)9-14(17)10-18(19)21-4-2-8-23-27-25-21/h1-12,27-28H. The van der Waals surface area contributed by atoms with Crippen LogP contribution in [0.3, 0.4) is 0 Å². The van der Waals surface area contributed by atoms with E-state index in [1.54, 1.807) is 18.5 Å². The molecular formula is C21H14N6O. The van der Waals surface area contributed by atoms with Gasteiger partial charge in [-0.15, -0.1) is 10.2 Å². The lowest BCUT2D eigenvalue weighted by Gasteiger charge is -2.09. The van der Waals surface area contributed by atoms with Gasteiger partial charge in [0.05, 0.1) is 23.9 Å². The summed E-state index contributed by atoms with van der Waals surface area (Å²) < 4.78 is 0. The Morgan fingerprint density at radius 2 is 1.86 bits per heavy atom. The molecule has 2 heterocycles. The zero-order valence-electron chi connectivity index (χ0n) is 14.6. The molecule has 0 spiro atoms. The van der Waals surface area contributed by atoms with E-state index >= 15 is 0 Å². The van der Waals surface area contributed by atoms with Gasteiger partial charge in [0.2, 0.25) is 0 Å². The molecule has 0 radical (unpaired) electrons. The van der Waals surface area contributed by atoms with E-state index in [0.717, 1.165) is 45.4 Å². The summed E-state index contributed by atoms with van der Waals surface area (Å²) in [6.07, 6.45) is 17.8. The van der Waals surface area contributed by atoms with Crippen molar-refractivity contribution in [3.8, 4) is 0 Å². The molecule has 5 rings (SSSR count). The number of hydrazone groups is 2. The molecule has 0 saturated carbocycles. The number of benzene rings is 1. The van der Waals surface area contributed by atoms with Crippen LogP contribution in [0.25, 0.3) is 23.3 Å². The van der Waals surface area contributed by atoms with Crippen LogP contribution in [0.5, 0.6) is 0 Å². The molecule has 2 aliphatic heterocycles. The summed E-state index contributed by atoms with van der Waals surface area (Å²) >= 11 is 0. The van der Waals surface area contributed by atoms with E-state index in [1.807, 2.05) is 30.4 Å². The Morgan fingerprint density at radius 3 is 2.79 bits per heavy atom. The molecule has 7 nitrogen and oxygen atoms in total. The smallest absolute Gasteiger partial charge is 0.0954 e. The van der Waals surface area contributed by atoms with Gasteiger partial charge in [-0.2, -0.15) is 15.7 Å². The van der Waals surface area contributed by atoms with Crippen molar-refractivity contribution in [2.75, 3.05) is 0 Å². The molecule has 1 aromatic rings.